The summed E-state index contributed by atoms with van der Waals surface area (Å²) in [4.78, 5) is 38.0. The maximum Gasteiger partial charge on any atom is 0.261 e. The molecule has 0 saturated carbocycles. The topological polar surface area (TPSA) is 66.5 Å². The molecule has 1 heterocycles. The first-order valence-corrected chi connectivity index (χ1v) is 8.76. The molecule has 0 radical (unpaired) electrons. The summed E-state index contributed by atoms with van der Waals surface area (Å²) in [5.74, 6) is -1.18. The number of nitrogens with one attached hydrogen (secondary N) is 1. The smallest absolute Gasteiger partial charge is 0.261 e. The summed E-state index contributed by atoms with van der Waals surface area (Å²) in [6, 6.07) is 8.22. The lowest BCUT2D eigenvalue weighted by atomic mass is 10.1. The Morgan fingerprint density at radius 2 is 1.73 bits per heavy atom. The van der Waals surface area contributed by atoms with Crippen molar-refractivity contribution in [1.82, 2.24) is 4.90 Å². The van der Waals surface area contributed by atoms with E-state index in [-0.39, 0.29) is 24.4 Å². The van der Waals surface area contributed by atoms with Gasteiger partial charge in [-0.1, -0.05) is 29.3 Å². The van der Waals surface area contributed by atoms with Gasteiger partial charge in [0.2, 0.25) is 5.91 Å². The Balaban J connectivity index is 1.68. The quantitative estimate of drug-likeness (QED) is 0.793. The Hall–Kier alpha value is -2.37. The number of nitrogens with zero attached hydrogens (tertiary/aromatic N) is 1. The molecule has 26 heavy (non-hydrogen) atoms. The van der Waals surface area contributed by atoms with Crippen LogP contribution in [0.5, 0.6) is 0 Å². The van der Waals surface area contributed by atoms with Crippen molar-refractivity contribution in [3.05, 3.63) is 62.6 Å². The number of benzene rings is 2. The average molecular weight is 391 g/mol. The van der Waals surface area contributed by atoms with Crippen molar-refractivity contribution in [1.29, 1.82) is 0 Å². The maximum absolute atomic E-state index is 12.4. The molecule has 0 aliphatic carbocycles. The Labute approximate surface area is 160 Å². The molecule has 134 valence electrons. The molecule has 1 N–H and O–H groups in total. The van der Waals surface area contributed by atoms with Crippen LogP contribution < -0.4 is 5.32 Å². The predicted molar refractivity (Wildman–Crippen MR) is 101 cm³/mol. The van der Waals surface area contributed by atoms with E-state index in [9.17, 15) is 14.4 Å². The third kappa shape index (κ3) is 3.45. The van der Waals surface area contributed by atoms with Crippen molar-refractivity contribution in [3.63, 3.8) is 0 Å². The van der Waals surface area contributed by atoms with Crippen LogP contribution >= 0.6 is 23.2 Å². The zero-order valence-corrected chi connectivity index (χ0v) is 15.7. The number of carbonyl (C=O) groups is 3. The van der Waals surface area contributed by atoms with Gasteiger partial charge in [0, 0.05) is 18.0 Å². The van der Waals surface area contributed by atoms with E-state index in [0.717, 1.165) is 16.0 Å². The minimum absolute atomic E-state index is 0.0155. The molecule has 3 amide bonds. The molecule has 2 aromatic carbocycles. The lowest BCUT2D eigenvalue weighted by Gasteiger charge is -2.15. The fourth-order valence-electron chi connectivity index (χ4n) is 2.96. The van der Waals surface area contributed by atoms with Crippen LogP contribution in [0.4, 0.5) is 5.69 Å². The number of hydrogen-bond acceptors (Lipinski definition) is 3. The largest absolute Gasteiger partial charge is 0.324 e. The van der Waals surface area contributed by atoms with Gasteiger partial charge in [0.25, 0.3) is 11.8 Å². The van der Waals surface area contributed by atoms with Gasteiger partial charge in [-0.15, -0.1) is 0 Å². The average Bonchev–Trinajstić information content (AvgIpc) is 2.79. The molecule has 2 aromatic rings. The lowest BCUT2D eigenvalue weighted by Crippen LogP contribution is -2.33. The van der Waals surface area contributed by atoms with Gasteiger partial charge in [-0.05, 0) is 49.2 Å². The summed E-state index contributed by atoms with van der Waals surface area (Å²) in [6.07, 6.45) is -0.0250. The monoisotopic (exact) mass is 390 g/mol. The summed E-state index contributed by atoms with van der Waals surface area (Å²) in [5, 5.41) is 3.58. The Bertz CT molecular complexity index is 917. The van der Waals surface area contributed by atoms with E-state index >= 15 is 0 Å². The van der Waals surface area contributed by atoms with Crippen LogP contribution in [-0.2, 0) is 4.79 Å². The van der Waals surface area contributed by atoms with E-state index in [1.54, 1.807) is 12.1 Å². The first kappa shape index (κ1) is 18.4. The molecule has 0 unspecified atom stereocenters. The lowest BCUT2D eigenvalue weighted by molar-refractivity contribution is -0.116. The highest BCUT2D eigenvalue weighted by Crippen LogP contribution is 2.28. The fraction of sp³-hybridized carbons (Fsp3) is 0.211. The first-order valence-electron chi connectivity index (χ1n) is 8.00. The van der Waals surface area contributed by atoms with Gasteiger partial charge in [-0.25, -0.2) is 0 Å². The third-order valence-corrected chi connectivity index (χ3v) is 4.72. The molecule has 1 aliphatic rings. The number of hydrogen-bond donors (Lipinski definition) is 1. The van der Waals surface area contributed by atoms with E-state index in [1.165, 1.54) is 12.1 Å². The van der Waals surface area contributed by atoms with Crippen LogP contribution in [0.1, 0.15) is 38.3 Å². The number of imide groups is 1. The first-order chi connectivity index (χ1) is 12.3. The Morgan fingerprint density at radius 3 is 2.42 bits per heavy atom. The molecule has 7 heteroatoms. The van der Waals surface area contributed by atoms with Gasteiger partial charge < -0.3 is 5.32 Å². The van der Waals surface area contributed by atoms with E-state index in [1.807, 2.05) is 19.9 Å². The summed E-state index contributed by atoms with van der Waals surface area (Å²) in [5.41, 5.74) is 2.95. The van der Waals surface area contributed by atoms with Crippen LogP contribution in [0.25, 0.3) is 0 Å². The van der Waals surface area contributed by atoms with Crippen molar-refractivity contribution in [2.45, 2.75) is 20.3 Å². The van der Waals surface area contributed by atoms with E-state index < -0.39 is 11.8 Å². The van der Waals surface area contributed by atoms with Crippen molar-refractivity contribution in [3.8, 4) is 0 Å². The molecule has 5 nitrogen and oxygen atoms in total. The molecule has 0 fully saturated rings. The maximum atomic E-state index is 12.4. The highest BCUT2D eigenvalue weighted by molar-refractivity contribution is 6.34. The van der Waals surface area contributed by atoms with Crippen LogP contribution in [0, 0.1) is 13.8 Å². The van der Waals surface area contributed by atoms with Gasteiger partial charge >= 0.3 is 0 Å². The summed E-state index contributed by atoms with van der Waals surface area (Å²) < 4.78 is 0. The van der Waals surface area contributed by atoms with Gasteiger partial charge in [0.05, 0.1) is 21.8 Å². The zero-order valence-electron chi connectivity index (χ0n) is 14.2. The van der Waals surface area contributed by atoms with Gasteiger partial charge in [-0.2, -0.15) is 0 Å². The molecule has 1 aliphatic heterocycles. The number of fused-ring (bicyclic) bond motifs is 1. The van der Waals surface area contributed by atoms with Crippen molar-refractivity contribution < 1.29 is 14.4 Å². The van der Waals surface area contributed by atoms with Gasteiger partial charge in [0.1, 0.15) is 0 Å². The number of amides is 3. The van der Waals surface area contributed by atoms with Crippen LogP contribution in [0.15, 0.2) is 30.3 Å². The second kappa shape index (κ2) is 7.09. The zero-order chi connectivity index (χ0) is 19.0. The summed E-state index contributed by atoms with van der Waals surface area (Å²) in [7, 11) is 0. The molecule has 0 atom stereocenters. The van der Waals surface area contributed by atoms with Gasteiger partial charge in [-0.3, -0.25) is 19.3 Å². The molecule has 0 aromatic heterocycles. The fourth-order valence-corrected chi connectivity index (χ4v) is 3.50. The van der Waals surface area contributed by atoms with Crippen LogP contribution in [0.2, 0.25) is 10.0 Å². The molecular formula is C19H16Cl2N2O3. The highest BCUT2D eigenvalue weighted by atomic mass is 35.5. The van der Waals surface area contributed by atoms with Crippen molar-refractivity contribution in [2.24, 2.45) is 0 Å². The van der Waals surface area contributed by atoms with Crippen LogP contribution in [0.3, 0.4) is 0 Å². The summed E-state index contributed by atoms with van der Waals surface area (Å²) in [6.45, 7) is 3.75. The third-order valence-electron chi connectivity index (χ3n) is 4.19. The SMILES string of the molecule is Cc1cc(C)c(NC(=O)CCN2C(=O)c3ccc(Cl)cc3C2=O)c(Cl)c1. The number of anilines is 1. The van der Waals surface area contributed by atoms with Crippen molar-refractivity contribution in [2.75, 3.05) is 11.9 Å². The number of halogens is 2. The normalized spacial score (nSPS) is 13.2. The number of carbonyl (C=O) groups excluding carboxylic acids is 3. The van der Waals surface area contributed by atoms with E-state index in [4.69, 9.17) is 23.2 Å². The van der Waals surface area contributed by atoms with Gasteiger partial charge in [0.15, 0.2) is 0 Å². The Kier molecular flexibility index (Phi) is 5.03. The molecule has 3 rings (SSSR count). The number of rotatable bonds is 4. The predicted octanol–water partition coefficient (Wildman–Crippen LogP) is 4.24. The molecular weight excluding hydrogens is 375 g/mol. The minimum Gasteiger partial charge on any atom is -0.324 e. The molecule has 0 spiro atoms. The van der Waals surface area contributed by atoms with E-state index in [2.05, 4.69) is 5.32 Å². The highest BCUT2D eigenvalue weighted by Gasteiger charge is 2.35. The van der Waals surface area contributed by atoms with Crippen molar-refractivity contribution >= 4 is 46.6 Å². The second-order valence-corrected chi connectivity index (χ2v) is 7.03. The molecule has 0 bridgehead atoms. The summed E-state index contributed by atoms with van der Waals surface area (Å²) >= 11 is 12.1. The van der Waals surface area contributed by atoms with E-state index in [0.29, 0.717) is 21.3 Å². The number of aryl methyl sites for hydroxylation is 2. The standard InChI is InChI=1S/C19H16Cl2N2O3/c1-10-7-11(2)17(15(21)8-10)22-16(24)5-6-23-18(25)13-4-3-12(20)9-14(13)19(23)26/h3-4,7-9H,5-6H2,1-2H3,(H,22,24). The second-order valence-electron chi connectivity index (χ2n) is 6.19. The molecule has 0 saturated heterocycles. The minimum atomic E-state index is -0.440. The Morgan fingerprint density at radius 1 is 1.04 bits per heavy atom. The van der Waals surface area contributed by atoms with Crippen LogP contribution in [-0.4, -0.2) is 29.2 Å².